The van der Waals surface area contributed by atoms with E-state index in [4.69, 9.17) is 9.52 Å². The molecule has 0 amide bonds. The normalized spacial score (nSPS) is 10.5. The van der Waals surface area contributed by atoms with Crippen LogP contribution in [0.25, 0.3) is 22.6 Å². The number of hydrogen-bond acceptors (Lipinski definition) is 4. The highest BCUT2D eigenvalue weighted by Gasteiger charge is 2.19. The average Bonchev–Trinajstić information content (AvgIpc) is 2.91. The Hall–Kier alpha value is -3.15. The number of oxazole rings is 1. The molecule has 3 aromatic rings. The van der Waals surface area contributed by atoms with E-state index in [-0.39, 0.29) is 12.3 Å². The summed E-state index contributed by atoms with van der Waals surface area (Å²) in [6.45, 7) is 0. The molecule has 0 aliphatic heterocycles. The Morgan fingerprint density at radius 3 is 2.59 bits per heavy atom. The summed E-state index contributed by atoms with van der Waals surface area (Å²) in [5, 5.41) is 20.4. The lowest BCUT2D eigenvalue weighted by Crippen LogP contribution is -2.23. The Bertz CT molecular complexity index is 812. The first-order valence-corrected chi connectivity index (χ1v) is 6.59. The third-order valence-electron chi connectivity index (χ3n) is 3.06. The molecule has 2 aromatic heterocycles. The zero-order valence-corrected chi connectivity index (χ0v) is 11.5. The van der Waals surface area contributed by atoms with Gasteiger partial charge in [0.2, 0.25) is 5.89 Å². The molecule has 0 fully saturated rings. The molecule has 0 spiro atoms. The predicted molar refractivity (Wildman–Crippen MR) is 77.7 cm³/mol. The molecule has 0 bridgehead atoms. The molecule has 0 aliphatic carbocycles. The van der Waals surface area contributed by atoms with Crippen LogP contribution < -0.4 is 4.73 Å². The number of aromatic nitrogens is 2. The van der Waals surface area contributed by atoms with E-state index in [2.05, 4.69) is 4.98 Å². The van der Waals surface area contributed by atoms with Gasteiger partial charge in [0.25, 0.3) is 0 Å². The Morgan fingerprint density at radius 1 is 1.18 bits per heavy atom. The van der Waals surface area contributed by atoms with Crippen LogP contribution in [0.2, 0.25) is 0 Å². The maximum atomic E-state index is 11.5. The van der Waals surface area contributed by atoms with Crippen molar-refractivity contribution in [3.8, 4) is 22.6 Å². The highest BCUT2D eigenvalue weighted by atomic mass is 16.5. The summed E-state index contributed by atoms with van der Waals surface area (Å²) in [6, 6.07) is 12.6. The molecule has 3 rings (SSSR count). The van der Waals surface area contributed by atoms with E-state index >= 15 is 0 Å². The summed E-state index contributed by atoms with van der Waals surface area (Å²) >= 11 is 0. The van der Waals surface area contributed by atoms with Crippen LogP contribution in [0.3, 0.4) is 0 Å². The molecule has 6 nitrogen and oxygen atoms in total. The molecule has 6 heteroatoms. The van der Waals surface area contributed by atoms with Crippen LogP contribution in [0, 0.1) is 5.21 Å². The number of aliphatic carboxylic acids is 1. The largest absolute Gasteiger partial charge is 0.619 e. The quantitative estimate of drug-likeness (QED) is 0.589. The fraction of sp³-hybridized carbons (Fsp3) is 0.0625. The molecule has 0 aliphatic rings. The lowest BCUT2D eigenvalue weighted by atomic mass is 10.1. The molecule has 0 saturated carbocycles. The van der Waals surface area contributed by atoms with Crippen molar-refractivity contribution in [3.05, 3.63) is 66.0 Å². The number of hydrogen-bond donors (Lipinski definition) is 1. The number of carboxylic acid groups (broad SMARTS) is 1. The van der Waals surface area contributed by atoms with Gasteiger partial charge in [0, 0.05) is 11.6 Å². The second-order valence-corrected chi connectivity index (χ2v) is 4.67. The Morgan fingerprint density at radius 2 is 1.91 bits per heavy atom. The standard InChI is InChI=1S/C16H12N2O4/c19-14(20)9-13-17-15(11-5-2-1-3-6-11)16(22-13)12-7-4-8-18(21)10-12/h1-8,10H,9H2,(H,19,20). The summed E-state index contributed by atoms with van der Waals surface area (Å²) in [5.41, 5.74) is 1.85. The van der Waals surface area contributed by atoms with Crippen LogP contribution in [-0.4, -0.2) is 16.1 Å². The molecule has 2 heterocycles. The lowest BCUT2D eigenvalue weighted by molar-refractivity contribution is -0.604. The minimum atomic E-state index is -1.03. The first-order chi connectivity index (χ1) is 10.6. The highest BCUT2D eigenvalue weighted by Crippen LogP contribution is 2.32. The molecule has 22 heavy (non-hydrogen) atoms. The topological polar surface area (TPSA) is 90.3 Å². The van der Waals surface area contributed by atoms with Gasteiger partial charge >= 0.3 is 5.97 Å². The van der Waals surface area contributed by atoms with E-state index in [1.165, 1.54) is 12.4 Å². The third kappa shape index (κ3) is 2.80. The molecular weight excluding hydrogens is 284 g/mol. The molecule has 110 valence electrons. The van der Waals surface area contributed by atoms with Gasteiger partial charge in [-0.2, -0.15) is 4.73 Å². The monoisotopic (exact) mass is 296 g/mol. The van der Waals surface area contributed by atoms with Crippen molar-refractivity contribution in [1.82, 2.24) is 4.98 Å². The zero-order chi connectivity index (χ0) is 15.5. The SMILES string of the molecule is O=C(O)Cc1nc(-c2ccccc2)c(-c2ccc[n+]([O-])c2)o1. The molecule has 0 saturated heterocycles. The van der Waals surface area contributed by atoms with E-state index in [0.717, 1.165) is 5.56 Å². The Kier molecular flexibility index (Phi) is 3.57. The predicted octanol–water partition coefficient (Wildman–Crippen LogP) is 2.27. The van der Waals surface area contributed by atoms with Crippen LogP contribution in [0.1, 0.15) is 5.89 Å². The number of rotatable bonds is 4. The molecule has 0 unspecified atom stereocenters. The molecular formula is C16H12N2O4. The van der Waals surface area contributed by atoms with Gasteiger partial charge in [0.15, 0.2) is 18.2 Å². The van der Waals surface area contributed by atoms with Crippen molar-refractivity contribution < 1.29 is 19.0 Å². The Labute approximate surface area is 125 Å². The van der Waals surface area contributed by atoms with E-state index < -0.39 is 5.97 Å². The second kappa shape index (κ2) is 5.69. The van der Waals surface area contributed by atoms with Crippen molar-refractivity contribution >= 4 is 5.97 Å². The van der Waals surface area contributed by atoms with Crippen LogP contribution in [-0.2, 0) is 11.2 Å². The first-order valence-electron chi connectivity index (χ1n) is 6.59. The maximum Gasteiger partial charge on any atom is 0.312 e. The summed E-state index contributed by atoms with van der Waals surface area (Å²) in [4.78, 5) is 15.1. The fourth-order valence-corrected chi connectivity index (χ4v) is 2.15. The van der Waals surface area contributed by atoms with Gasteiger partial charge in [0.1, 0.15) is 12.1 Å². The van der Waals surface area contributed by atoms with Gasteiger partial charge in [-0.3, -0.25) is 4.79 Å². The van der Waals surface area contributed by atoms with Gasteiger partial charge in [-0.25, -0.2) is 4.98 Å². The van der Waals surface area contributed by atoms with Crippen molar-refractivity contribution in [1.29, 1.82) is 0 Å². The Balaban J connectivity index is 2.15. The molecule has 1 N–H and O–H groups in total. The van der Waals surface area contributed by atoms with Gasteiger partial charge < -0.3 is 14.7 Å². The van der Waals surface area contributed by atoms with Crippen LogP contribution >= 0.6 is 0 Å². The van der Waals surface area contributed by atoms with Crippen molar-refractivity contribution in [3.63, 3.8) is 0 Å². The van der Waals surface area contributed by atoms with Crippen molar-refractivity contribution in [2.45, 2.75) is 6.42 Å². The summed E-state index contributed by atoms with van der Waals surface area (Å²) in [7, 11) is 0. The van der Waals surface area contributed by atoms with E-state index in [1.807, 2.05) is 30.3 Å². The third-order valence-corrected chi connectivity index (χ3v) is 3.06. The second-order valence-electron chi connectivity index (χ2n) is 4.67. The summed E-state index contributed by atoms with van der Waals surface area (Å²) < 4.78 is 6.23. The fourth-order valence-electron chi connectivity index (χ4n) is 2.15. The van der Waals surface area contributed by atoms with Crippen molar-refractivity contribution in [2.75, 3.05) is 0 Å². The van der Waals surface area contributed by atoms with Crippen molar-refractivity contribution in [2.24, 2.45) is 0 Å². The van der Waals surface area contributed by atoms with Gasteiger partial charge in [-0.15, -0.1) is 0 Å². The number of nitrogens with zero attached hydrogens (tertiary/aromatic N) is 2. The van der Waals surface area contributed by atoms with E-state index in [0.29, 0.717) is 21.7 Å². The van der Waals surface area contributed by atoms with Crippen LogP contribution in [0.4, 0.5) is 0 Å². The molecule has 1 aromatic carbocycles. The summed E-state index contributed by atoms with van der Waals surface area (Å²) in [5.74, 6) is -0.547. The van der Waals surface area contributed by atoms with Gasteiger partial charge in [0.05, 0.1) is 5.56 Å². The minimum Gasteiger partial charge on any atom is -0.619 e. The van der Waals surface area contributed by atoms with Crippen LogP contribution in [0.15, 0.2) is 59.3 Å². The lowest BCUT2D eigenvalue weighted by Gasteiger charge is -2.01. The minimum absolute atomic E-state index is 0.0997. The zero-order valence-electron chi connectivity index (χ0n) is 11.5. The number of pyridine rings is 1. The highest BCUT2D eigenvalue weighted by molar-refractivity contribution is 5.77. The maximum absolute atomic E-state index is 11.5. The molecule has 0 radical (unpaired) electrons. The van der Waals surface area contributed by atoms with Gasteiger partial charge in [-0.1, -0.05) is 30.3 Å². The number of benzene rings is 1. The van der Waals surface area contributed by atoms with Crippen LogP contribution in [0.5, 0.6) is 0 Å². The first kappa shape index (κ1) is 13.8. The van der Waals surface area contributed by atoms with E-state index in [9.17, 15) is 10.0 Å². The average molecular weight is 296 g/mol. The number of carbonyl (C=O) groups is 1. The molecule has 0 atom stereocenters. The van der Waals surface area contributed by atoms with E-state index in [1.54, 1.807) is 12.1 Å². The smallest absolute Gasteiger partial charge is 0.312 e. The van der Waals surface area contributed by atoms with Gasteiger partial charge in [-0.05, 0) is 6.07 Å². The summed E-state index contributed by atoms with van der Waals surface area (Å²) in [6.07, 6.45) is 2.40. The number of carboxylic acids is 1.